The van der Waals surface area contributed by atoms with E-state index in [1.165, 1.54) is 11.8 Å². The molecule has 0 atom stereocenters. The van der Waals surface area contributed by atoms with Crippen LogP contribution in [0.25, 0.3) is 22.1 Å². The zero-order chi connectivity index (χ0) is 13.2. The average molecular weight is 274 g/mol. The lowest BCUT2D eigenvalue weighted by Crippen LogP contribution is -2.14. The maximum Gasteiger partial charge on any atom is 0.211 e. The molecule has 3 aromatic rings. The number of para-hydroxylation sites is 1. The molecule has 0 saturated carbocycles. The molecule has 0 aliphatic carbocycles. The normalized spacial score (nSPS) is 12.3. The molecule has 96 valence electrons. The van der Waals surface area contributed by atoms with Crippen molar-refractivity contribution in [3.05, 3.63) is 24.3 Å². The highest BCUT2D eigenvalue weighted by Crippen LogP contribution is 2.22. The number of hydrogen-bond donors (Lipinski definition) is 3. The summed E-state index contributed by atoms with van der Waals surface area (Å²) in [7, 11) is 0. The van der Waals surface area contributed by atoms with Gasteiger partial charge in [0.05, 0.1) is 5.75 Å². The molecule has 1 aromatic carbocycles. The van der Waals surface area contributed by atoms with Gasteiger partial charge in [-0.2, -0.15) is 0 Å². The largest absolute Gasteiger partial charge is 0.409 e. The number of nitrogens with zero attached hydrogens (tertiary/aromatic N) is 4. The molecule has 0 aliphatic rings. The van der Waals surface area contributed by atoms with Gasteiger partial charge in [-0.25, -0.2) is 4.98 Å². The molecule has 0 amide bonds. The van der Waals surface area contributed by atoms with E-state index < -0.39 is 0 Å². The first-order valence-corrected chi connectivity index (χ1v) is 6.47. The third-order valence-electron chi connectivity index (χ3n) is 2.58. The fraction of sp³-hybridized carbons (Fsp3) is 0.0909. The van der Waals surface area contributed by atoms with Crippen molar-refractivity contribution < 1.29 is 5.21 Å². The highest BCUT2D eigenvalue weighted by Gasteiger charge is 2.09. The molecule has 3 rings (SSSR count). The van der Waals surface area contributed by atoms with Crippen LogP contribution >= 0.6 is 11.8 Å². The number of nitrogens with one attached hydrogen (secondary N) is 1. The Morgan fingerprint density at radius 1 is 1.37 bits per heavy atom. The minimum Gasteiger partial charge on any atom is -0.409 e. The van der Waals surface area contributed by atoms with E-state index in [4.69, 9.17) is 10.9 Å². The SMILES string of the molecule is N/C(CSc1nnc2c(n1)[nH]c1ccccc12)=N/O. The Morgan fingerprint density at radius 2 is 2.21 bits per heavy atom. The van der Waals surface area contributed by atoms with E-state index in [-0.39, 0.29) is 5.84 Å². The molecule has 0 bridgehead atoms. The first-order chi connectivity index (χ1) is 9.28. The van der Waals surface area contributed by atoms with E-state index in [2.05, 4.69) is 25.3 Å². The third kappa shape index (κ3) is 2.17. The van der Waals surface area contributed by atoms with Gasteiger partial charge in [-0.15, -0.1) is 10.2 Å². The van der Waals surface area contributed by atoms with Crippen LogP contribution in [-0.2, 0) is 0 Å². The van der Waals surface area contributed by atoms with Crippen molar-refractivity contribution in [1.82, 2.24) is 20.2 Å². The van der Waals surface area contributed by atoms with Gasteiger partial charge in [0.1, 0.15) is 11.4 Å². The van der Waals surface area contributed by atoms with Crippen LogP contribution in [0, 0.1) is 0 Å². The number of amidine groups is 1. The molecule has 7 nitrogen and oxygen atoms in total. The molecule has 0 saturated heterocycles. The number of thioether (sulfide) groups is 1. The van der Waals surface area contributed by atoms with Crippen molar-refractivity contribution in [2.24, 2.45) is 10.9 Å². The van der Waals surface area contributed by atoms with E-state index in [1.54, 1.807) is 0 Å². The van der Waals surface area contributed by atoms with Gasteiger partial charge in [0.2, 0.25) is 5.16 Å². The Kier molecular flexibility index (Phi) is 2.92. The number of benzene rings is 1. The molecule has 19 heavy (non-hydrogen) atoms. The lowest BCUT2D eigenvalue weighted by molar-refractivity contribution is 0.318. The quantitative estimate of drug-likeness (QED) is 0.218. The van der Waals surface area contributed by atoms with E-state index in [0.717, 1.165) is 16.4 Å². The average Bonchev–Trinajstić information content (AvgIpc) is 2.82. The lowest BCUT2D eigenvalue weighted by atomic mass is 10.2. The Morgan fingerprint density at radius 3 is 3.05 bits per heavy atom. The summed E-state index contributed by atoms with van der Waals surface area (Å²) >= 11 is 1.26. The van der Waals surface area contributed by atoms with E-state index >= 15 is 0 Å². The third-order valence-corrected chi connectivity index (χ3v) is 3.45. The van der Waals surface area contributed by atoms with Crippen molar-refractivity contribution >= 4 is 39.7 Å². The highest BCUT2D eigenvalue weighted by atomic mass is 32.2. The number of aromatic amines is 1. The monoisotopic (exact) mass is 274 g/mol. The summed E-state index contributed by atoms with van der Waals surface area (Å²) in [6.45, 7) is 0. The van der Waals surface area contributed by atoms with E-state index in [9.17, 15) is 0 Å². The van der Waals surface area contributed by atoms with Crippen molar-refractivity contribution in [3.8, 4) is 0 Å². The summed E-state index contributed by atoms with van der Waals surface area (Å²) in [6.07, 6.45) is 0. The molecule has 0 aliphatic heterocycles. The first-order valence-electron chi connectivity index (χ1n) is 5.48. The van der Waals surface area contributed by atoms with E-state index in [1.807, 2.05) is 24.3 Å². The summed E-state index contributed by atoms with van der Waals surface area (Å²) in [5.74, 6) is 0.425. The van der Waals surface area contributed by atoms with Crippen LogP contribution in [0.1, 0.15) is 0 Å². The van der Waals surface area contributed by atoms with Crippen molar-refractivity contribution in [2.45, 2.75) is 5.16 Å². The zero-order valence-electron chi connectivity index (χ0n) is 9.74. The highest BCUT2D eigenvalue weighted by molar-refractivity contribution is 7.99. The summed E-state index contributed by atoms with van der Waals surface area (Å²) in [6, 6.07) is 7.81. The zero-order valence-corrected chi connectivity index (χ0v) is 10.6. The first kappa shape index (κ1) is 11.7. The molecule has 0 radical (unpaired) electrons. The van der Waals surface area contributed by atoms with Crippen LogP contribution in [0.15, 0.2) is 34.6 Å². The second-order valence-corrected chi connectivity index (χ2v) is 4.78. The second-order valence-electron chi connectivity index (χ2n) is 3.84. The molecule has 0 fully saturated rings. The van der Waals surface area contributed by atoms with Gasteiger partial charge in [0.15, 0.2) is 5.65 Å². The Labute approximate surface area is 111 Å². The van der Waals surface area contributed by atoms with Gasteiger partial charge in [-0.05, 0) is 6.07 Å². The van der Waals surface area contributed by atoms with Crippen molar-refractivity contribution in [2.75, 3.05) is 5.75 Å². The van der Waals surface area contributed by atoms with Gasteiger partial charge in [0, 0.05) is 10.9 Å². The lowest BCUT2D eigenvalue weighted by Gasteiger charge is -1.97. The summed E-state index contributed by atoms with van der Waals surface area (Å²) in [5.41, 5.74) is 7.78. The van der Waals surface area contributed by atoms with Crippen LogP contribution in [0.2, 0.25) is 0 Å². The molecular formula is C11H10N6OS. The number of rotatable bonds is 3. The van der Waals surface area contributed by atoms with Gasteiger partial charge in [0.25, 0.3) is 0 Å². The summed E-state index contributed by atoms with van der Waals surface area (Å²) < 4.78 is 0. The number of nitrogens with two attached hydrogens (primary N) is 1. The van der Waals surface area contributed by atoms with Gasteiger partial charge in [-0.3, -0.25) is 0 Å². The molecule has 2 aromatic heterocycles. The van der Waals surface area contributed by atoms with Crippen LogP contribution in [-0.4, -0.2) is 37.0 Å². The van der Waals surface area contributed by atoms with E-state index in [0.29, 0.717) is 16.6 Å². The number of oxime groups is 1. The number of fused-ring (bicyclic) bond motifs is 3. The Balaban J connectivity index is 1.99. The molecule has 2 heterocycles. The van der Waals surface area contributed by atoms with Gasteiger partial charge >= 0.3 is 0 Å². The second kappa shape index (κ2) is 4.73. The Hall–Kier alpha value is -2.35. The van der Waals surface area contributed by atoms with Crippen LogP contribution in [0.4, 0.5) is 0 Å². The maximum absolute atomic E-state index is 8.47. The standard InChI is InChI=1S/C11H10N6OS/c12-8(17-18)5-19-11-14-10-9(15-16-11)6-3-1-2-4-7(6)13-10/h1-4,18H,5H2,(H2,12,17)(H,13,14,16). The summed E-state index contributed by atoms with van der Waals surface area (Å²) in [5, 5.41) is 21.0. The smallest absolute Gasteiger partial charge is 0.211 e. The minimum atomic E-state index is 0.116. The van der Waals surface area contributed by atoms with Crippen LogP contribution in [0.5, 0.6) is 0 Å². The van der Waals surface area contributed by atoms with Crippen molar-refractivity contribution in [1.29, 1.82) is 0 Å². The van der Waals surface area contributed by atoms with Crippen LogP contribution in [0.3, 0.4) is 0 Å². The molecule has 0 unspecified atom stereocenters. The number of hydrogen-bond acceptors (Lipinski definition) is 6. The molecule has 8 heteroatoms. The Bertz CT molecular complexity index is 768. The molecule has 4 N–H and O–H groups in total. The van der Waals surface area contributed by atoms with Crippen molar-refractivity contribution in [3.63, 3.8) is 0 Å². The maximum atomic E-state index is 8.47. The van der Waals surface area contributed by atoms with Gasteiger partial charge in [-0.1, -0.05) is 35.1 Å². The fourth-order valence-electron chi connectivity index (χ4n) is 1.73. The number of aromatic nitrogens is 4. The van der Waals surface area contributed by atoms with Crippen LogP contribution < -0.4 is 5.73 Å². The fourth-order valence-corrected chi connectivity index (χ4v) is 2.32. The predicted molar refractivity (Wildman–Crippen MR) is 73.3 cm³/mol. The topological polar surface area (TPSA) is 113 Å². The number of H-pyrrole nitrogens is 1. The minimum absolute atomic E-state index is 0.116. The van der Waals surface area contributed by atoms with Gasteiger partial charge < -0.3 is 15.9 Å². The predicted octanol–water partition coefficient (Wildman–Crippen LogP) is 1.34. The summed E-state index contributed by atoms with van der Waals surface area (Å²) in [4.78, 5) is 7.54. The molecule has 0 spiro atoms. The molecular weight excluding hydrogens is 264 g/mol.